The number of anilines is 1. The Hall–Kier alpha value is -2.28. The van der Waals surface area contributed by atoms with Crippen molar-refractivity contribution in [2.45, 2.75) is 37.8 Å². The van der Waals surface area contributed by atoms with E-state index in [0.717, 1.165) is 31.6 Å². The molecule has 1 aromatic carbocycles. The van der Waals surface area contributed by atoms with Crippen molar-refractivity contribution in [2.75, 3.05) is 18.0 Å². The molecular formula is C20H20ClF3N4. The molecule has 1 aliphatic heterocycles. The van der Waals surface area contributed by atoms with Crippen molar-refractivity contribution in [3.63, 3.8) is 0 Å². The van der Waals surface area contributed by atoms with Gasteiger partial charge < -0.3 is 4.90 Å². The van der Waals surface area contributed by atoms with Gasteiger partial charge in [-0.2, -0.15) is 13.2 Å². The third-order valence-electron chi connectivity index (χ3n) is 5.31. The third-order valence-corrected chi connectivity index (χ3v) is 5.67. The summed E-state index contributed by atoms with van der Waals surface area (Å²) in [7, 11) is 0. The number of aromatic nitrogens is 3. The molecule has 148 valence electrons. The highest BCUT2D eigenvalue weighted by atomic mass is 35.5. The van der Waals surface area contributed by atoms with E-state index in [9.17, 15) is 13.2 Å². The maximum atomic E-state index is 12.5. The molecule has 0 unspecified atom stereocenters. The zero-order valence-electron chi connectivity index (χ0n) is 15.2. The van der Waals surface area contributed by atoms with Gasteiger partial charge in [-0.3, -0.25) is 4.40 Å². The number of benzene rings is 1. The molecule has 4 nitrogen and oxygen atoms in total. The number of aryl methyl sites for hydroxylation is 1. The van der Waals surface area contributed by atoms with Crippen LogP contribution in [0.3, 0.4) is 0 Å². The number of piperidine rings is 1. The fourth-order valence-corrected chi connectivity index (χ4v) is 4.12. The van der Waals surface area contributed by atoms with Crippen molar-refractivity contribution >= 4 is 22.9 Å². The predicted molar refractivity (Wildman–Crippen MR) is 103 cm³/mol. The summed E-state index contributed by atoms with van der Waals surface area (Å²) in [5, 5.41) is 8.37. The Kier molecular flexibility index (Phi) is 5.19. The van der Waals surface area contributed by atoms with Gasteiger partial charge in [0.25, 0.3) is 0 Å². The van der Waals surface area contributed by atoms with Crippen LogP contribution in [0.15, 0.2) is 42.6 Å². The van der Waals surface area contributed by atoms with Gasteiger partial charge in [0.1, 0.15) is 10.8 Å². The second-order valence-corrected chi connectivity index (χ2v) is 7.49. The molecule has 0 radical (unpaired) electrons. The van der Waals surface area contributed by atoms with Gasteiger partial charge in [-0.05, 0) is 30.4 Å². The van der Waals surface area contributed by atoms with Crippen LogP contribution in [0.1, 0.15) is 36.6 Å². The molecule has 0 spiro atoms. The highest BCUT2D eigenvalue weighted by Gasteiger charge is 2.28. The number of rotatable bonds is 4. The normalized spacial score (nSPS) is 16.1. The summed E-state index contributed by atoms with van der Waals surface area (Å²) in [5.41, 5.74) is 2.62. The molecule has 0 bridgehead atoms. The molecule has 2 aromatic heterocycles. The van der Waals surface area contributed by atoms with Crippen molar-refractivity contribution in [1.29, 1.82) is 0 Å². The summed E-state index contributed by atoms with van der Waals surface area (Å²) in [5.74, 6) is 0.797. The first kappa shape index (κ1) is 19.1. The van der Waals surface area contributed by atoms with E-state index in [2.05, 4.69) is 39.4 Å². The van der Waals surface area contributed by atoms with Crippen LogP contribution in [0.2, 0.25) is 5.02 Å². The topological polar surface area (TPSA) is 33.4 Å². The maximum absolute atomic E-state index is 12.5. The molecule has 1 aliphatic rings. The smallest absolute Gasteiger partial charge is 0.370 e. The van der Waals surface area contributed by atoms with E-state index in [1.54, 1.807) is 10.6 Å². The van der Waals surface area contributed by atoms with Crippen molar-refractivity contribution in [3.05, 3.63) is 59.0 Å². The van der Waals surface area contributed by atoms with Gasteiger partial charge in [-0.1, -0.05) is 41.9 Å². The van der Waals surface area contributed by atoms with Gasteiger partial charge in [-0.25, -0.2) is 0 Å². The molecule has 28 heavy (non-hydrogen) atoms. The zero-order chi connectivity index (χ0) is 19.7. The Morgan fingerprint density at radius 3 is 2.43 bits per heavy atom. The van der Waals surface area contributed by atoms with Crippen LogP contribution in [0.4, 0.5) is 18.9 Å². The Morgan fingerprint density at radius 1 is 1.04 bits per heavy atom. The highest BCUT2D eigenvalue weighted by Crippen LogP contribution is 2.35. The maximum Gasteiger partial charge on any atom is 0.389 e. The van der Waals surface area contributed by atoms with Gasteiger partial charge in [0, 0.05) is 25.7 Å². The number of hydrogen-bond acceptors (Lipinski definition) is 3. The molecule has 8 heteroatoms. The molecule has 3 heterocycles. The number of halogens is 4. The summed E-state index contributed by atoms with van der Waals surface area (Å²) in [4.78, 5) is 2.21. The van der Waals surface area contributed by atoms with E-state index >= 15 is 0 Å². The van der Waals surface area contributed by atoms with Crippen LogP contribution in [-0.4, -0.2) is 33.9 Å². The first-order valence-corrected chi connectivity index (χ1v) is 9.69. The Morgan fingerprint density at radius 2 is 1.75 bits per heavy atom. The lowest BCUT2D eigenvalue weighted by Gasteiger charge is -2.34. The Balaban J connectivity index is 1.50. The highest BCUT2D eigenvalue weighted by molar-refractivity contribution is 6.36. The fourth-order valence-electron chi connectivity index (χ4n) is 3.81. The number of hydrogen-bond donors (Lipinski definition) is 0. The van der Waals surface area contributed by atoms with Crippen molar-refractivity contribution in [2.24, 2.45) is 0 Å². The first-order chi connectivity index (χ1) is 13.4. The van der Waals surface area contributed by atoms with Gasteiger partial charge in [0.05, 0.1) is 12.1 Å². The van der Waals surface area contributed by atoms with E-state index in [-0.39, 0.29) is 12.2 Å². The molecule has 0 amide bonds. The van der Waals surface area contributed by atoms with Crippen LogP contribution in [0.25, 0.3) is 5.65 Å². The average Bonchev–Trinajstić information content (AvgIpc) is 3.11. The number of nitrogens with zero attached hydrogens (tertiary/aromatic N) is 4. The second-order valence-electron chi connectivity index (χ2n) is 7.11. The number of pyridine rings is 1. The standard InChI is InChI=1S/C20H20ClF3N4/c21-18-16(27-11-7-15(8-12-27)14-4-2-1-3-5-14)9-13-28-17(25-26-19(18)28)6-10-20(22,23)24/h1-5,9,13,15H,6-8,10-12H2. The SMILES string of the molecule is FC(F)(F)CCc1nnc2c(Cl)c(N3CCC(c4ccccc4)CC3)ccn12. The van der Waals surface area contributed by atoms with Crippen molar-refractivity contribution in [1.82, 2.24) is 14.6 Å². The molecule has 1 saturated heterocycles. The summed E-state index contributed by atoms with van der Waals surface area (Å²) in [6.07, 6.45) is -1.61. The van der Waals surface area contributed by atoms with E-state index in [1.807, 2.05) is 12.1 Å². The largest absolute Gasteiger partial charge is 0.389 e. The number of fused-ring (bicyclic) bond motifs is 1. The fraction of sp³-hybridized carbons (Fsp3) is 0.400. The molecule has 0 N–H and O–H groups in total. The average molecular weight is 409 g/mol. The minimum absolute atomic E-state index is 0.219. The summed E-state index contributed by atoms with van der Waals surface area (Å²) in [6, 6.07) is 12.3. The summed E-state index contributed by atoms with van der Waals surface area (Å²) >= 11 is 6.54. The molecule has 0 aliphatic carbocycles. The lowest BCUT2D eigenvalue weighted by Crippen LogP contribution is -2.33. The quantitative estimate of drug-likeness (QED) is 0.590. The lowest BCUT2D eigenvalue weighted by molar-refractivity contribution is -0.134. The summed E-state index contributed by atoms with van der Waals surface area (Å²) < 4.78 is 39.0. The number of alkyl halides is 3. The van der Waals surface area contributed by atoms with Crippen LogP contribution in [0, 0.1) is 0 Å². The molecular weight excluding hydrogens is 389 g/mol. The van der Waals surface area contributed by atoms with E-state index < -0.39 is 12.6 Å². The zero-order valence-corrected chi connectivity index (χ0v) is 15.9. The van der Waals surface area contributed by atoms with E-state index in [1.165, 1.54) is 5.56 Å². The van der Waals surface area contributed by atoms with Crippen LogP contribution >= 0.6 is 11.6 Å². The second kappa shape index (κ2) is 7.62. The van der Waals surface area contributed by atoms with E-state index in [4.69, 9.17) is 11.6 Å². The molecule has 4 rings (SSSR count). The molecule has 3 aromatic rings. The minimum atomic E-state index is -4.22. The Bertz CT molecular complexity index is 947. The van der Waals surface area contributed by atoms with Crippen LogP contribution in [0.5, 0.6) is 0 Å². The molecule has 0 atom stereocenters. The predicted octanol–water partition coefficient (Wildman–Crippen LogP) is 5.26. The molecule has 1 fully saturated rings. The van der Waals surface area contributed by atoms with Gasteiger partial charge in [0.2, 0.25) is 0 Å². The van der Waals surface area contributed by atoms with Crippen LogP contribution in [-0.2, 0) is 6.42 Å². The lowest BCUT2D eigenvalue weighted by atomic mass is 9.89. The Labute approximate surface area is 165 Å². The third kappa shape index (κ3) is 3.94. The van der Waals surface area contributed by atoms with Crippen LogP contribution < -0.4 is 4.90 Å². The first-order valence-electron chi connectivity index (χ1n) is 9.31. The van der Waals surface area contributed by atoms with Crippen molar-refractivity contribution < 1.29 is 13.2 Å². The molecule has 0 saturated carbocycles. The van der Waals surface area contributed by atoms with Crippen molar-refractivity contribution in [3.8, 4) is 0 Å². The van der Waals surface area contributed by atoms with Gasteiger partial charge in [-0.15, -0.1) is 10.2 Å². The monoisotopic (exact) mass is 408 g/mol. The minimum Gasteiger partial charge on any atom is -0.370 e. The van der Waals surface area contributed by atoms with E-state index in [0.29, 0.717) is 16.6 Å². The summed E-state index contributed by atoms with van der Waals surface area (Å²) in [6.45, 7) is 1.73. The van der Waals surface area contributed by atoms with Gasteiger partial charge in [0.15, 0.2) is 5.65 Å². The van der Waals surface area contributed by atoms with Gasteiger partial charge >= 0.3 is 6.18 Å².